The van der Waals surface area contributed by atoms with E-state index in [-0.39, 0.29) is 17.5 Å². The zero-order valence-corrected chi connectivity index (χ0v) is 12.7. The maximum atomic E-state index is 11.6. The number of rotatable bonds is 6. The van der Waals surface area contributed by atoms with Gasteiger partial charge in [0.15, 0.2) is 0 Å². The van der Waals surface area contributed by atoms with Gasteiger partial charge in [0.05, 0.1) is 12.0 Å². The minimum absolute atomic E-state index is 0.0735. The van der Waals surface area contributed by atoms with Gasteiger partial charge in [-0.25, -0.2) is 4.98 Å². The van der Waals surface area contributed by atoms with Gasteiger partial charge in [0.25, 0.3) is 0 Å². The average molecular weight is 266 g/mol. The Morgan fingerprint density at radius 3 is 2.68 bits per heavy atom. The highest BCUT2D eigenvalue weighted by atomic mass is 16.1. The summed E-state index contributed by atoms with van der Waals surface area (Å²) in [6.45, 7) is 11.7. The van der Waals surface area contributed by atoms with Crippen molar-refractivity contribution in [1.82, 2.24) is 20.2 Å². The van der Waals surface area contributed by atoms with Crippen LogP contribution in [0.3, 0.4) is 0 Å². The number of nitrogens with zero attached hydrogens (tertiary/aromatic N) is 2. The van der Waals surface area contributed by atoms with E-state index in [1.54, 1.807) is 6.33 Å². The van der Waals surface area contributed by atoms with Crippen LogP contribution in [0.2, 0.25) is 0 Å². The molecule has 0 unspecified atom stereocenters. The molecule has 0 aliphatic heterocycles. The van der Waals surface area contributed by atoms with E-state index in [0.29, 0.717) is 13.0 Å². The quantitative estimate of drug-likeness (QED) is 0.823. The summed E-state index contributed by atoms with van der Waals surface area (Å²) in [5.41, 5.74) is 1.18. The van der Waals surface area contributed by atoms with Crippen LogP contribution in [0.15, 0.2) is 12.5 Å². The van der Waals surface area contributed by atoms with Gasteiger partial charge in [-0.3, -0.25) is 4.79 Å². The highest BCUT2D eigenvalue weighted by molar-refractivity contribution is 5.76. The van der Waals surface area contributed by atoms with E-state index < -0.39 is 0 Å². The van der Waals surface area contributed by atoms with E-state index in [1.807, 2.05) is 24.6 Å². The molecule has 1 heterocycles. The molecule has 0 saturated carbocycles. The number of amides is 1. The van der Waals surface area contributed by atoms with Crippen molar-refractivity contribution < 1.29 is 4.79 Å². The molecule has 2 N–H and O–H groups in total. The van der Waals surface area contributed by atoms with Crippen LogP contribution in [0.25, 0.3) is 0 Å². The molecule has 0 aromatic carbocycles. The topological polar surface area (TPSA) is 59.0 Å². The van der Waals surface area contributed by atoms with Crippen molar-refractivity contribution in [2.45, 2.75) is 65.7 Å². The zero-order valence-electron chi connectivity index (χ0n) is 12.7. The van der Waals surface area contributed by atoms with Gasteiger partial charge in [0, 0.05) is 37.3 Å². The van der Waals surface area contributed by atoms with Crippen molar-refractivity contribution >= 4 is 5.91 Å². The zero-order chi connectivity index (χ0) is 14.5. The lowest BCUT2D eigenvalue weighted by Crippen LogP contribution is -2.35. The number of aryl methyl sites for hydroxylation is 1. The van der Waals surface area contributed by atoms with Crippen LogP contribution >= 0.6 is 0 Å². The molecule has 5 heteroatoms. The molecule has 0 aliphatic rings. The highest BCUT2D eigenvalue weighted by Crippen LogP contribution is 2.05. The van der Waals surface area contributed by atoms with Crippen LogP contribution in [0.4, 0.5) is 0 Å². The smallest absolute Gasteiger partial charge is 0.221 e. The Bertz CT molecular complexity index is 404. The predicted molar refractivity (Wildman–Crippen MR) is 76.7 cm³/mol. The molecule has 0 atom stereocenters. The summed E-state index contributed by atoms with van der Waals surface area (Å²) in [6, 6.07) is 0.192. The maximum Gasteiger partial charge on any atom is 0.221 e. The molecule has 1 amide bonds. The number of hydrogen-bond acceptors (Lipinski definition) is 3. The van der Waals surface area contributed by atoms with Gasteiger partial charge in [0.1, 0.15) is 0 Å². The standard InChI is InChI=1S/C14H26N4O/c1-11(2)17-13(19)6-7-18-10-15-8-12(18)9-16-14(3,4)5/h8,10-11,16H,6-7,9H2,1-5H3,(H,17,19). The van der Waals surface area contributed by atoms with Crippen LogP contribution in [0, 0.1) is 0 Å². The minimum atomic E-state index is 0.0735. The SMILES string of the molecule is CC(C)NC(=O)CCn1cncc1CNC(C)(C)C. The van der Waals surface area contributed by atoms with Crippen molar-refractivity contribution in [2.75, 3.05) is 0 Å². The van der Waals surface area contributed by atoms with Gasteiger partial charge in [-0.2, -0.15) is 0 Å². The number of imidazole rings is 1. The van der Waals surface area contributed by atoms with Gasteiger partial charge in [-0.1, -0.05) is 0 Å². The maximum absolute atomic E-state index is 11.6. The van der Waals surface area contributed by atoms with Crippen molar-refractivity contribution in [3.8, 4) is 0 Å². The third-order valence-electron chi connectivity index (χ3n) is 2.63. The molecule has 0 fully saturated rings. The largest absolute Gasteiger partial charge is 0.354 e. The summed E-state index contributed by atoms with van der Waals surface area (Å²) in [7, 11) is 0. The first-order chi connectivity index (χ1) is 8.78. The van der Waals surface area contributed by atoms with Gasteiger partial charge in [-0.05, 0) is 34.6 Å². The van der Waals surface area contributed by atoms with E-state index >= 15 is 0 Å². The second-order valence-corrected chi connectivity index (χ2v) is 6.15. The molecular weight excluding hydrogens is 240 g/mol. The van der Waals surface area contributed by atoms with Crippen molar-refractivity contribution in [1.29, 1.82) is 0 Å². The molecule has 1 rings (SSSR count). The number of carbonyl (C=O) groups excluding carboxylic acids is 1. The average Bonchev–Trinajstić information content (AvgIpc) is 2.69. The first-order valence-corrected chi connectivity index (χ1v) is 6.81. The van der Waals surface area contributed by atoms with E-state index in [4.69, 9.17) is 0 Å². The summed E-state index contributed by atoms with van der Waals surface area (Å²) in [4.78, 5) is 15.8. The lowest BCUT2D eigenvalue weighted by molar-refractivity contribution is -0.121. The van der Waals surface area contributed by atoms with Crippen LogP contribution in [0.1, 0.15) is 46.7 Å². The number of aromatic nitrogens is 2. The van der Waals surface area contributed by atoms with Crippen molar-refractivity contribution in [3.05, 3.63) is 18.2 Å². The molecule has 5 nitrogen and oxygen atoms in total. The molecule has 19 heavy (non-hydrogen) atoms. The van der Waals surface area contributed by atoms with E-state index in [2.05, 4.69) is 36.4 Å². The summed E-state index contributed by atoms with van der Waals surface area (Å²) >= 11 is 0. The van der Waals surface area contributed by atoms with E-state index in [1.165, 1.54) is 0 Å². The second-order valence-electron chi connectivity index (χ2n) is 6.15. The van der Waals surface area contributed by atoms with Gasteiger partial charge < -0.3 is 15.2 Å². The van der Waals surface area contributed by atoms with Crippen molar-refractivity contribution in [3.63, 3.8) is 0 Å². The second kappa shape index (κ2) is 6.70. The summed E-state index contributed by atoms with van der Waals surface area (Å²) < 4.78 is 2.03. The Balaban J connectivity index is 2.47. The number of carbonyl (C=O) groups is 1. The number of hydrogen-bond donors (Lipinski definition) is 2. The first kappa shape index (κ1) is 15.7. The lowest BCUT2D eigenvalue weighted by atomic mass is 10.1. The third kappa shape index (κ3) is 6.38. The fourth-order valence-electron chi connectivity index (χ4n) is 1.67. The van der Waals surface area contributed by atoms with Crippen LogP contribution in [-0.4, -0.2) is 27.0 Å². The van der Waals surface area contributed by atoms with Crippen LogP contribution < -0.4 is 10.6 Å². The molecule has 0 aliphatic carbocycles. The van der Waals surface area contributed by atoms with Crippen molar-refractivity contribution in [2.24, 2.45) is 0 Å². The molecule has 0 saturated heterocycles. The molecule has 108 valence electrons. The summed E-state index contributed by atoms with van der Waals surface area (Å²) in [5, 5.41) is 6.32. The molecule has 1 aromatic heterocycles. The Morgan fingerprint density at radius 2 is 2.11 bits per heavy atom. The fourth-order valence-corrected chi connectivity index (χ4v) is 1.67. The number of nitrogens with one attached hydrogen (secondary N) is 2. The van der Waals surface area contributed by atoms with E-state index in [9.17, 15) is 4.79 Å². The van der Waals surface area contributed by atoms with Crippen LogP contribution in [0.5, 0.6) is 0 Å². The molecule has 1 aromatic rings. The van der Waals surface area contributed by atoms with Gasteiger partial charge in [-0.15, -0.1) is 0 Å². The summed E-state index contributed by atoms with van der Waals surface area (Å²) in [5.74, 6) is 0.0819. The Morgan fingerprint density at radius 1 is 1.42 bits per heavy atom. The van der Waals surface area contributed by atoms with Gasteiger partial charge >= 0.3 is 0 Å². The minimum Gasteiger partial charge on any atom is -0.354 e. The lowest BCUT2D eigenvalue weighted by Gasteiger charge is -2.21. The molecular formula is C14H26N4O. The van der Waals surface area contributed by atoms with E-state index in [0.717, 1.165) is 12.2 Å². The summed E-state index contributed by atoms with van der Waals surface area (Å²) in [6.07, 6.45) is 4.11. The van der Waals surface area contributed by atoms with Gasteiger partial charge in [0.2, 0.25) is 5.91 Å². The molecule has 0 bridgehead atoms. The predicted octanol–water partition coefficient (Wildman–Crippen LogP) is 1.69. The fraction of sp³-hybridized carbons (Fsp3) is 0.714. The molecule has 0 radical (unpaired) electrons. The first-order valence-electron chi connectivity index (χ1n) is 6.81. The third-order valence-corrected chi connectivity index (χ3v) is 2.63. The molecule has 0 spiro atoms. The Kier molecular flexibility index (Phi) is 5.54. The Hall–Kier alpha value is -1.36. The Labute approximate surface area is 115 Å². The monoisotopic (exact) mass is 266 g/mol. The van der Waals surface area contributed by atoms with Crippen LogP contribution in [-0.2, 0) is 17.9 Å². The highest BCUT2D eigenvalue weighted by Gasteiger charge is 2.11. The normalized spacial score (nSPS) is 11.9.